The topological polar surface area (TPSA) is 43.4 Å². The Balaban J connectivity index is 2.03. The summed E-state index contributed by atoms with van der Waals surface area (Å²) in [5, 5.41) is 0. The van der Waals surface area contributed by atoms with Crippen molar-refractivity contribution in [3.8, 4) is 0 Å². The molecule has 2 fully saturated rings. The largest absolute Gasteiger partial charge is 0.469 e. The Morgan fingerprint density at radius 3 is 2.46 bits per heavy atom. The average molecular weight is 361 g/mol. The molecule has 6 atom stereocenters. The van der Waals surface area contributed by atoms with Crippen LogP contribution in [-0.2, 0) is 14.3 Å². The monoisotopic (exact) mass is 360 g/mol. The summed E-state index contributed by atoms with van der Waals surface area (Å²) in [4.78, 5) is 25.1. The molecule has 0 saturated heterocycles. The molecule has 0 radical (unpaired) electrons. The van der Waals surface area contributed by atoms with Gasteiger partial charge in [-0.05, 0) is 86.5 Å². The number of carbonyl (C=O) groups is 2. The Labute approximate surface area is 158 Å². The van der Waals surface area contributed by atoms with Crippen LogP contribution in [0.3, 0.4) is 0 Å². The lowest BCUT2D eigenvalue weighted by Crippen LogP contribution is -2.55. The molecule has 3 aliphatic carbocycles. The molecule has 6 unspecified atom stereocenters. The van der Waals surface area contributed by atoms with Gasteiger partial charge in [0.25, 0.3) is 0 Å². The lowest BCUT2D eigenvalue weighted by Gasteiger charge is -2.60. The molecule has 0 aromatic rings. The summed E-state index contributed by atoms with van der Waals surface area (Å²) >= 11 is 0. The molecule has 0 aromatic carbocycles. The standard InChI is InChI=1S/C23H36O3/c1-14(2)17-12-16-8-9-20-22(4,19(16)13-18(17)15(3)24)10-7-11-23(20,5)21(25)26-6/h13-14,16-17,19-20H,7-12H2,1-6H3. The molecule has 3 nitrogen and oxygen atoms in total. The van der Waals surface area contributed by atoms with Gasteiger partial charge in [-0.25, -0.2) is 0 Å². The minimum atomic E-state index is -0.383. The number of hydrogen-bond acceptors (Lipinski definition) is 3. The van der Waals surface area contributed by atoms with Crippen LogP contribution in [0.25, 0.3) is 0 Å². The molecule has 26 heavy (non-hydrogen) atoms. The number of hydrogen-bond donors (Lipinski definition) is 0. The van der Waals surface area contributed by atoms with Crippen molar-refractivity contribution in [2.75, 3.05) is 7.11 Å². The van der Waals surface area contributed by atoms with Gasteiger partial charge in [0.15, 0.2) is 5.78 Å². The molecule has 0 heterocycles. The third kappa shape index (κ3) is 2.86. The number of ketones is 1. The van der Waals surface area contributed by atoms with E-state index in [1.807, 2.05) is 0 Å². The smallest absolute Gasteiger partial charge is 0.311 e. The van der Waals surface area contributed by atoms with E-state index in [1.54, 1.807) is 6.92 Å². The van der Waals surface area contributed by atoms with Gasteiger partial charge in [-0.1, -0.05) is 33.3 Å². The van der Waals surface area contributed by atoms with E-state index in [0.717, 1.165) is 37.7 Å². The van der Waals surface area contributed by atoms with Gasteiger partial charge in [0, 0.05) is 0 Å². The first-order chi connectivity index (χ1) is 12.1. The molecule has 146 valence electrons. The van der Waals surface area contributed by atoms with Gasteiger partial charge in [0.2, 0.25) is 0 Å². The molecule has 0 aliphatic heterocycles. The second kappa shape index (κ2) is 6.80. The molecule has 0 amide bonds. The van der Waals surface area contributed by atoms with E-state index in [2.05, 4.69) is 33.8 Å². The quantitative estimate of drug-likeness (QED) is 0.651. The van der Waals surface area contributed by atoms with Crippen LogP contribution in [0.4, 0.5) is 0 Å². The van der Waals surface area contributed by atoms with Crippen molar-refractivity contribution in [3.05, 3.63) is 11.6 Å². The number of methoxy groups -OCH3 is 1. The van der Waals surface area contributed by atoms with Crippen molar-refractivity contribution in [3.63, 3.8) is 0 Å². The van der Waals surface area contributed by atoms with Crippen LogP contribution in [0, 0.1) is 40.4 Å². The summed E-state index contributed by atoms with van der Waals surface area (Å²) in [7, 11) is 1.52. The molecule has 0 bridgehead atoms. The summed E-state index contributed by atoms with van der Waals surface area (Å²) in [6.45, 7) is 10.7. The molecule has 3 aliphatic rings. The normalized spacial score (nSPS) is 42.5. The lowest BCUT2D eigenvalue weighted by molar-refractivity contribution is -0.171. The van der Waals surface area contributed by atoms with E-state index in [4.69, 9.17) is 4.74 Å². The van der Waals surface area contributed by atoms with Gasteiger partial charge in [-0.3, -0.25) is 9.59 Å². The predicted molar refractivity (Wildman–Crippen MR) is 103 cm³/mol. The molecular formula is C23H36O3. The van der Waals surface area contributed by atoms with Gasteiger partial charge in [-0.2, -0.15) is 0 Å². The van der Waals surface area contributed by atoms with Crippen LogP contribution < -0.4 is 0 Å². The van der Waals surface area contributed by atoms with Crippen LogP contribution in [0.2, 0.25) is 0 Å². The number of fused-ring (bicyclic) bond motifs is 3. The zero-order chi connectivity index (χ0) is 19.3. The van der Waals surface area contributed by atoms with E-state index >= 15 is 0 Å². The van der Waals surface area contributed by atoms with Gasteiger partial charge in [0.05, 0.1) is 12.5 Å². The number of esters is 1. The molecular weight excluding hydrogens is 324 g/mol. The maximum atomic E-state index is 12.7. The zero-order valence-electron chi connectivity index (χ0n) is 17.4. The maximum absolute atomic E-state index is 12.7. The SMILES string of the molecule is COC(=O)C1(C)CCCC2(C)C3C=C(C(C)=O)C(C(C)C)CC3CCC12. The summed E-state index contributed by atoms with van der Waals surface area (Å²) in [5.41, 5.74) is 0.756. The third-order valence-electron chi connectivity index (χ3n) is 8.25. The van der Waals surface area contributed by atoms with Gasteiger partial charge in [0.1, 0.15) is 0 Å². The first-order valence-corrected chi connectivity index (χ1v) is 10.5. The van der Waals surface area contributed by atoms with Crippen molar-refractivity contribution in [2.45, 2.75) is 73.1 Å². The molecule has 2 saturated carbocycles. The van der Waals surface area contributed by atoms with Gasteiger partial charge >= 0.3 is 5.97 Å². The molecule has 0 aromatic heterocycles. The summed E-state index contributed by atoms with van der Waals surface area (Å²) in [5.74, 6) is 2.49. The van der Waals surface area contributed by atoms with Crippen LogP contribution in [0.5, 0.6) is 0 Å². The Kier molecular flexibility index (Phi) is 5.13. The lowest BCUT2D eigenvalue weighted by atomic mass is 9.44. The van der Waals surface area contributed by atoms with Crippen molar-refractivity contribution in [2.24, 2.45) is 40.4 Å². The van der Waals surface area contributed by atoms with Crippen LogP contribution >= 0.6 is 0 Å². The first-order valence-electron chi connectivity index (χ1n) is 10.5. The highest BCUT2D eigenvalue weighted by atomic mass is 16.5. The van der Waals surface area contributed by atoms with E-state index in [-0.39, 0.29) is 22.6 Å². The molecule has 3 heteroatoms. The van der Waals surface area contributed by atoms with E-state index in [9.17, 15) is 9.59 Å². The van der Waals surface area contributed by atoms with Crippen molar-refractivity contribution < 1.29 is 14.3 Å². The maximum Gasteiger partial charge on any atom is 0.311 e. The fourth-order valence-electron chi connectivity index (χ4n) is 6.91. The minimum Gasteiger partial charge on any atom is -0.469 e. The summed E-state index contributed by atoms with van der Waals surface area (Å²) in [6, 6.07) is 0. The van der Waals surface area contributed by atoms with Gasteiger partial charge < -0.3 is 4.74 Å². The highest BCUT2D eigenvalue weighted by Crippen LogP contribution is 2.64. The highest BCUT2D eigenvalue weighted by molar-refractivity contribution is 5.94. The number of carbonyl (C=O) groups excluding carboxylic acids is 2. The van der Waals surface area contributed by atoms with Crippen LogP contribution in [0.1, 0.15) is 73.1 Å². The average Bonchev–Trinajstić information content (AvgIpc) is 2.59. The Morgan fingerprint density at radius 2 is 1.88 bits per heavy atom. The van der Waals surface area contributed by atoms with E-state index in [1.165, 1.54) is 13.5 Å². The number of rotatable bonds is 3. The fourth-order valence-corrected chi connectivity index (χ4v) is 6.91. The predicted octanol–water partition coefficient (Wildman–Crippen LogP) is 5.19. The Morgan fingerprint density at radius 1 is 1.19 bits per heavy atom. The summed E-state index contributed by atoms with van der Waals surface area (Å²) in [6.07, 6.45) is 8.90. The van der Waals surface area contributed by atoms with Crippen LogP contribution in [-0.4, -0.2) is 18.9 Å². The fraction of sp³-hybridized carbons (Fsp3) is 0.826. The minimum absolute atomic E-state index is 0.0430. The Hall–Kier alpha value is -1.12. The third-order valence-corrected chi connectivity index (χ3v) is 8.25. The highest BCUT2D eigenvalue weighted by Gasteiger charge is 2.59. The first kappa shape index (κ1) is 19.6. The second-order valence-corrected chi connectivity index (χ2v) is 9.95. The van der Waals surface area contributed by atoms with E-state index < -0.39 is 0 Å². The molecule has 0 N–H and O–H groups in total. The molecule has 3 rings (SSSR count). The van der Waals surface area contributed by atoms with Crippen molar-refractivity contribution in [1.29, 1.82) is 0 Å². The second-order valence-electron chi connectivity index (χ2n) is 9.95. The van der Waals surface area contributed by atoms with E-state index in [0.29, 0.717) is 29.6 Å². The summed E-state index contributed by atoms with van der Waals surface area (Å²) < 4.78 is 5.22. The molecule has 0 spiro atoms. The van der Waals surface area contributed by atoms with Crippen molar-refractivity contribution in [1.82, 2.24) is 0 Å². The number of allylic oxidation sites excluding steroid dienone is 2. The number of ether oxygens (including phenoxy) is 1. The van der Waals surface area contributed by atoms with Crippen molar-refractivity contribution >= 4 is 11.8 Å². The zero-order valence-corrected chi connectivity index (χ0v) is 17.4. The van der Waals surface area contributed by atoms with Gasteiger partial charge in [-0.15, -0.1) is 0 Å². The Bertz CT molecular complexity index is 619. The van der Waals surface area contributed by atoms with Crippen LogP contribution in [0.15, 0.2) is 11.6 Å². The number of Topliss-reactive ketones (excluding diaryl/α,β-unsaturated/α-hetero) is 1.